The summed E-state index contributed by atoms with van der Waals surface area (Å²) in [6.07, 6.45) is 10.3. The Morgan fingerprint density at radius 1 is 0.967 bits per heavy atom. The van der Waals surface area contributed by atoms with Gasteiger partial charge < -0.3 is 0 Å². The first-order valence-electron chi connectivity index (χ1n) is 11.7. The van der Waals surface area contributed by atoms with Crippen LogP contribution in [0.15, 0.2) is 42.5 Å². The maximum Gasteiger partial charge on any atom is 0.168 e. The van der Waals surface area contributed by atoms with E-state index in [0.29, 0.717) is 17.0 Å². The van der Waals surface area contributed by atoms with Gasteiger partial charge in [-0.05, 0) is 54.7 Å². The lowest BCUT2D eigenvalue weighted by Crippen LogP contribution is -2.19. The third-order valence-corrected chi connectivity index (χ3v) is 6.67. The van der Waals surface area contributed by atoms with Crippen molar-refractivity contribution in [3.8, 4) is 11.1 Å². The van der Waals surface area contributed by atoms with E-state index in [0.717, 1.165) is 17.0 Å². The number of hydrogen-bond acceptors (Lipinski definition) is 1. The Morgan fingerprint density at radius 2 is 1.63 bits per heavy atom. The monoisotopic (exact) mass is 408 g/mol. The minimum absolute atomic E-state index is 0.107. The van der Waals surface area contributed by atoms with Gasteiger partial charge in [0.15, 0.2) is 5.78 Å². The average molecular weight is 409 g/mol. The highest BCUT2D eigenvalue weighted by Crippen LogP contribution is 2.39. The second-order valence-corrected chi connectivity index (χ2v) is 10.1. The van der Waals surface area contributed by atoms with Crippen LogP contribution in [0.1, 0.15) is 101 Å². The van der Waals surface area contributed by atoms with Gasteiger partial charge in [0.25, 0.3) is 0 Å². The first-order chi connectivity index (χ1) is 14.3. The molecular formula is C28H37FO. The van der Waals surface area contributed by atoms with Crippen LogP contribution < -0.4 is 0 Å². The second kappa shape index (κ2) is 9.90. The Bertz CT molecular complexity index is 836. The van der Waals surface area contributed by atoms with Crippen LogP contribution >= 0.6 is 0 Å². The molecule has 0 unspecified atom stereocenters. The standard InChI is InChI=1S/C28H37FO/c1-5-6-7-8-20-9-11-21(12-10-20)24-17-18-25(26(29)19-24)22-13-15-23(16-14-22)27(30)28(2,3)4/h13-21H,5-12H2,1-4H3. The van der Waals surface area contributed by atoms with Crippen molar-refractivity contribution in [1.29, 1.82) is 0 Å². The van der Waals surface area contributed by atoms with Gasteiger partial charge in [0, 0.05) is 16.5 Å². The highest BCUT2D eigenvalue weighted by molar-refractivity contribution is 6.00. The summed E-state index contributed by atoms with van der Waals surface area (Å²) in [6.45, 7) is 8.01. The Morgan fingerprint density at radius 3 is 2.20 bits per heavy atom. The van der Waals surface area contributed by atoms with Gasteiger partial charge in [0.1, 0.15) is 5.82 Å². The van der Waals surface area contributed by atoms with Crippen molar-refractivity contribution in [3.63, 3.8) is 0 Å². The molecule has 1 fully saturated rings. The maximum atomic E-state index is 15.0. The highest BCUT2D eigenvalue weighted by atomic mass is 19.1. The van der Waals surface area contributed by atoms with E-state index in [1.807, 2.05) is 51.1 Å². The molecule has 2 aromatic rings. The van der Waals surface area contributed by atoms with Crippen LogP contribution in [0.4, 0.5) is 4.39 Å². The van der Waals surface area contributed by atoms with Crippen LogP contribution in [0.3, 0.4) is 0 Å². The number of carbonyl (C=O) groups is 1. The summed E-state index contributed by atoms with van der Waals surface area (Å²) in [5, 5.41) is 0. The van der Waals surface area contributed by atoms with E-state index in [9.17, 15) is 9.18 Å². The van der Waals surface area contributed by atoms with Gasteiger partial charge in [0.05, 0.1) is 0 Å². The van der Waals surface area contributed by atoms with E-state index in [2.05, 4.69) is 13.0 Å². The van der Waals surface area contributed by atoms with Crippen LogP contribution in [0.2, 0.25) is 0 Å². The van der Waals surface area contributed by atoms with E-state index in [4.69, 9.17) is 0 Å². The lowest BCUT2D eigenvalue weighted by molar-refractivity contribution is 0.0858. The summed E-state index contributed by atoms with van der Waals surface area (Å²) < 4.78 is 15.0. The SMILES string of the molecule is CCCCCC1CCC(c2ccc(-c3ccc(C(=O)C(C)(C)C)cc3)c(F)c2)CC1. The second-order valence-electron chi connectivity index (χ2n) is 10.1. The number of hydrogen-bond donors (Lipinski definition) is 0. The van der Waals surface area contributed by atoms with Gasteiger partial charge in [-0.3, -0.25) is 4.79 Å². The number of Topliss-reactive ketones (excluding diaryl/α,β-unsaturated/α-hetero) is 1. The molecule has 0 atom stereocenters. The normalized spacial score (nSPS) is 19.6. The Labute approximate surface area is 182 Å². The molecule has 0 aliphatic heterocycles. The third kappa shape index (κ3) is 5.59. The molecule has 0 spiro atoms. The molecule has 162 valence electrons. The Hall–Kier alpha value is -1.96. The minimum Gasteiger partial charge on any atom is -0.294 e. The lowest BCUT2D eigenvalue weighted by atomic mass is 9.77. The molecule has 0 radical (unpaired) electrons. The Balaban J connectivity index is 1.65. The van der Waals surface area contributed by atoms with E-state index in [-0.39, 0.29) is 11.6 Å². The molecule has 0 aromatic heterocycles. The fraction of sp³-hybridized carbons (Fsp3) is 0.536. The fourth-order valence-electron chi connectivity index (χ4n) is 4.72. The number of rotatable bonds is 7. The van der Waals surface area contributed by atoms with Crippen molar-refractivity contribution in [3.05, 3.63) is 59.4 Å². The molecule has 0 saturated heterocycles. The first kappa shape index (κ1) is 22.7. The smallest absolute Gasteiger partial charge is 0.168 e. The van der Waals surface area contributed by atoms with Crippen LogP contribution in [-0.2, 0) is 0 Å². The third-order valence-electron chi connectivity index (χ3n) is 6.67. The summed E-state index contributed by atoms with van der Waals surface area (Å²) in [7, 11) is 0. The summed E-state index contributed by atoms with van der Waals surface area (Å²) >= 11 is 0. The Kier molecular flexibility index (Phi) is 7.50. The zero-order valence-corrected chi connectivity index (χ0v) is 19.1. The number of unbranched alkanes of at least 4 members (excludes halogenated alkanes) is 2. The summed E-state index contributed by atoms with van der Waals surface area (Å²) in [5.74, 6) is 1.30. The molecule has 30 heavy (non-hydrogen) atoms. The van der Waals surface area contributed by atoms with Crippen molar-refractivity contribution < 1.29 is 9.18 Å². The molecule has 2 aromatic carbocycles. The zero-order chi connectivity index (χ0) is 21.7. The molecule has 3 rings (SSSR count). The van der Waals surface area contributed by atoms with Gasteiger partial charge in [-0.25, -0.2) is 4.39 Å². The van der Waals surface area contributed by atoms with E-state index in [1.54, 1.807) is 6.07 Å². The largest absolute Gasteiger partial charge is 0.294 e. The topological polar surface area (TPSA) is 17.1 Å². The number of carbonyl (C=O) groups excluding carboxylic acids is 1. The highest BCUT2D eigenvalue weighted by Gasteiger charge is 2.24. The predicted octanol–water partition coefficient (Wildman–Crippen LogP) is 8.58. The number of benzene rings is 2. The quantitative estimate of drug-likeness (QED) is 0.331. The molecule has 1 aliphatic rings. The van der Waals surface area contributed by atoms with Crippen molar-refractivity contribution in [2.24, 2.45) is 11.3 Å². The van der Waals surface area contributed by atoms with Crippen molar-refractivity contribution in [2.75, 3.05) is 0 Å². The molecule has 1 saturated carbocycles. The van der Waals surface area contributed by atoms with Crippen LogP contribution in [0, 0.1) is 17.2 Å². The van der Waals surface area contributed by atoms with E-state index < -0.39 is 5.41 Å². The molecule has 0 N–H and O–H groups in total. The van der Waals surface area contributed by atoms with Gasteiger partial charge in [-0.1, -0.05) is 89.8 Å². The molecule has 0 amide bonds. The van der Waals surface area contributed by atoms with Crippen molar-refractivity contribution in [1.82, 2.24) is 0 Å². The first-order valence-corrected chi connectivity index (χ1v) is 11.7. The fourth-order valence-corrected chi connectivity index (χ4v) is 4.72. The van der Waals surface area contributed by atoms with Crippen LogP contribution in [0.5, 0.6) is 0 Å². The number of ketones is 1. The molecular weight excluding hydrogens is 371 g/mol. The summed E-state index contributed by atoms with van der Waals surface area (Å²) in [6, 6.07) is 13.1. The summed E-state index contributed by atoms with van der Waals surface area (Å²) in [5.41, 5.74) is 2.84. The van der Waals surface area contributed by atoms with E-state index >= 15 is 0 Å². The average Bonchev–Trinajstić information content (AvgIpc) is 2.73. The summed E-state index contributed by atoms with van der Waals surface area (Å²) in [4.78, 5) is 12.4. The van der Waals surface area contributed by atoms with Crippen molar-refractivity contribution in [2.45, 2.75) is 85.0 Å². The maximum absolute atomic E-state index is 15.0. The molecule has 2 heteroatoms. The molecule has 1 nitrogen and oxygen atoms in total. The molecule has 0 heterocycles. The zero-order valence-electron chi connectivity index (χ0n) is 19.1. The molecule has 1 aliphatic carbocycles. The predicted molar refractivity (Wildman–Crippen MR) is 124 cm³/mol. The van der Waals surface area contributed by atoms with Gasteiger partial charge in [-0.15, -0.1) is 0 Å². The van der Waals surface area contributed by atoms with Crippen LogP contribution in [-0.4, -0.2) is 5.78 Å². The minimum atomic E-state index is -0.413. The van der Waals surface area contributed by atoms with Crippen LogP contribution in [0.25, 0.3) is 11.1 Å². The van der Waals surface area contributed by atoms with Crippen molar-refractivity contribution >= 4 is 5.78 Å². The van der Waals surface area contributed by atoms with Gasteiger partial charge >= 0.3 is 0 Å². The van der Waals surface area contributed by atoms with E-state index in [1.165, 1.54) is 51.4 Å². The van der Waals surface area contributed by atoms with Gasteiger partial charge in [-0.2, -0.15) is 0 Å². The number of halogens is 1. The van der Waals surface area contributed by atoms with Gasteiger partial charge in [0.2, 0.25) is 0 Å². The molecule has 0 bridgehead atoms. The lowest BCUT2D eigenvalue weighted by Gasteiger charge is -2.29.